The molecule has 6 heteroatoms. The van der Waals surface area contributed by atoms with E-state index >= 15 is 0 Å². The van der Waals surface area contributed by atoms with Crippen LogP contribution in [-0.4, -0.2) is 47.3 Å². The zero-order valence-corrected chi connectivity index (χ0v) is 19.3. The van der Waals surface area contributed by atoms with Gasteiger partial charge in [-0.2, -0.15) is 0 Å². The van der Waals surface area contributed by atoms with Crippen molar-refractivity contribution in [3.05, 3.63) is 82.4 Å². The zero-order chi connectivity index (χ0) is 23.2. The van der Waals surface area contributed by atoms with E-state index < -0.39 is 5.82 Å². The lowest BCUT2D eigenvalue weighted by molar-refractivity contribution is 0.139. The standard InChI is InChI=1S/C27H26ClFN2O2/c1-19-15-20(5-11-27(19)33-14-13-31-12-2-3-24(31)18-32)4-10-26-25(29)16-22(17-30-26)21-6-8-23(28)9-7-21/h5-9,11,15-17,24,32H,2-3,12-14,18H2,1H3. The number of pyridine rings is 1. The molecule has 2 heterocycles. The second kappa shape index (κ2) is 10.8. The van der Waals surface area contributed by atoms with E-state index in [1.54, 1.807) is 18.3 Å². The van der Waals surface area contributed by atoms with Crippen LogP contribution in [0.15, 0.2) is 54.7 Å². The second-order valence-corrected chi connectivity index (χ2v) is 8.59. The molecule has 170 valence electrons. The van der Waals surface area contributed by atoms with Crippen LogP contribution >= 0.6 is 11.6 Å². The number of rotatable bonds is 6. The average molecular weight is 465 g/mol. The Morgan fingerprint density at radius 2 is 1.97 bits per heavy atom. The van der Waals surface area contributed by atoms with Gasteiger partial charge in [0.25, 0.3) is 0 Å². The lowest BCUT2D eigenvalue weighted by Gasteiger charge is -2.22. The fraction of sp³-hybridized carbons (Fsp3) is 0.296. The molecular weight excluding hydrogens is 439 g/mol. The Kier molecular flexibility index (Phi) is 7.61. The molecule has 0 spiro atoms. The Morgan fingerprint density at radius 1 is 1.15 bits per heavy atom. The number of ether oxygens (including phenoxy) is 1. The van der Waals surface area contributed by atoms with Gasteiger partial charge in [-0.3, -0.25) is 4.90 Å². The van der Waals surface area contributed by atoms with E-state index in [1.807, 2.05) is 37.3 Å². The summed E-state index contributed by atoms with van der Waals surface area (Å²) >= 11 is 5.91. The van der Waals surface area contributed by atoms with Crippen molar-refractivity contribution in [3.63, 3.8) is 0 Å². The molecule has 1 atom stereocenters. The van der Waals surface area contributed by atoms with Crippen LogP contribution in [0.2, 0.25) is 5.02 Å². The predicted molar refractivity (Wildman–Crippen MR) is 129 cm³/mol. The van der Waals surface area contributed by atoms with Crippen LogP contribution in [0.1, 0.15) is 29.7 Å². The molecule has 33 heavy (non-hydrogen) atoms. The summed E-state index contributed by atoms with van der Waals surface area (Å²) in [5.41, 5.74) is 3.35. The van der Waals surface area contributed by atoms with Crippen molar-refractivity contribution >= 4 is 11.6 Å². The first kappa shape index (κ1) is 23.3. The van der Waals surface area contributed by atoms with Gasteiger partial charge in [-0.1, -0.05) is 29.7 Å². The summed E-state index contributed by atoms with van der Waals surface area (Å²) in [6.07, 6.45) is 3.78. The summed E-state index contributed by atoms with van der Waals surface area (Å²) < 4.78 is 20.5. The number of hydrogen-bond acceptors (Lipinski definition) is 4. The van der Waals surface area contributed by atoms with E-state index in [2.05, 4.69) is 21.7 Å². The smallest absolute Gasteiger partial charge is 0.158 e. The summed E-state index contributed by atoms with van der Waals surface area (Å²) in [7, 11) is 0. The molecule has 1 fully saturated rings. The Balaban J connectivity index is 1.39. The lowest BCUT2D eigenvalue weighted by Crippen LogP contribution is -2.35. The first-order chi connectivity index (χ1) is 16.0. The monoisotopic (exact) mass is 464 g/mol. The maximum Gasteiger partial charge on any atom is 0.158 e. The molecule has 3 aromatic rings. The number of hydrogen-bond donors (Lipinski definition) is 1. The quantitative estimate of drug-likeness (QED) is 0.516. The van der Waals surface area contributed by atoms with Gasteiger partial charge in [-0.25, -0.2) is 9.37 Å². The maximum absolute atomic E-state index is 14.6. The molecule has 4 nitrogen and oxygen atoms in total. The summed E-state index contributed by atoms with van der Waals surface area (Å²) in [6, 6.07) is 14.5. The molecule has 1 saturated heterocycles. The van der Waals surface area contributed by atoms with Gasteiger partial charge in [0.2, 0.25) is 0 Å². The van der Waals surface area contributed by atoms with Crippen LogP contribution in [0, 0.1) is 24.6 Å². The van der Waals surface area contributed by atoms with Crippen molar-refractivity contribution in [2.75, 3.05) is 26.3 Å². The van der Waals surface area contributed by atoms with Crippen molar-refractivity contribution in [1.29, 1.82) is 0 Å². The first-order valence-corrected chi connectivity index (χ1v) is 11.4. The molecule has 1 unspecified atom stereocenters. The molecule has 0 radical (unpaired) electrons. The third-order valence-corrected chi connectivity index (χ3v) is 6.12. The Hall–Kier alpha value is -2.91. The minimum atomic E-state index is -0.463. The van der Waals surface area contributed by atoms with Crippen molar-refractivity contribution < 1.29 is 14.2 Å². The molecule has 0 aliphatic carbocycles. The molecule has 4 rings (SSSR count). The fourth-order valence-corrected chi connectivity index (χ4v) is 4.15. The number of benzene rings is 2. The van der Waals surface area contributed by atoms with Crippen LogP contribution < -0.4 is 4.74 Å². The maximum atomic E-state index is 14.6. The van der Waals surface area contributed by atoms with Crippen LogP contribution in [0.4, 0.5) is 4.39 Å². The summed E-state index contributed by atoms with van der Waals surface area (Å²) in [6.45, 7) is 4.53. The number of aromatic nitrogens is 1. The van der Waals surface area contributed by atoms with Gasteiger partial charge >= 0.3 is 0 Å². The van der Waals surface area contributed by atoms with Gasteiger partial charge in [0.1, 0.15) is 18.1 Å². The van der Waals surface area contributed by atoms with Crippen molar-refractivity contribution in [1.82, 2.24) is 9.88 Å². The average Bonchev–Trinajstić information content (AvgIpc) is 3.27. The molecule has 2 aromatic carbocycles. The van der Waals surface area contributed by atoms with E-state index in [0.29, 0.717) is 17.2 Å². The van der Waals surface area contributed by atoms with Gasteiger partial charge < -0.3 is 9.84 Å². The summed E-state index contributed by atoms with van der Waals surface area (Å²) in [4.78, 5) is 6.47. The Labute approximate surface area is 199 Å². The molecule has 0 saturated carbocycles. The van der Waals surface area contributed by atoms with Crippen LogP contribution in [0.3, 0.4) is 0 Å². The van der Waals surface area contributed by atoms with E-state index in [-0.39, 0.29) is 18.3 Å². The number of halogens is 2. The largest absolute Gasteiger partial charge is 0.492 e. The minimum absolute atomic E-state index is 0.106. The Bertz CT molecular complexity index is 1170. The van der Waals surface area contributed by atoms with E-state index in [9.17, 15) is 9.50 Å². The number of aliphatic hydroxyl groups excluding tert-OH is 1. The third kappa shape index (κ3) is 5.91. The van der Waals surface area contributed by atoms with E-state index in [1.165, 1.54) is 6.07 Å². The molecule has 1 N–H and O–H groups in total. The number of likely N-dealkylation sites (tertiary alicyclic amines) is 1. The SMILES string of the molecule is Cc1cc(C#Cc2ncc(-c3ccc(Cl)cc3)cc2F)ccc1OCCN1CCCC1CO. The molecule has 0 amide bonds. The molecular formula is C27H26ClFN2O2. The molecule has 1 aliphatic heterocycles. The summed E-state index contributed by atoms with van der Waals surface area (Å²) in [5, 5.41) is 10.1. The summed E-state index contributed by atoms with van der Waals surface area (Å²) in [5.74, 6) is 6.16. The van der Waals surface area contributed by atoms with E-state index in [4.69, 9.17) is 16.3 Å². The molecule has 1 aliphatic rings. The normalized spacial score (nSPS) is 15.8. The highest BCUT2D eigenvalue weighted by Crippen LogP contribution is 2.23. The van der Waals surface area contributed by atoms with Crippen molar-refractivity contribution in [2.24, 2.45) is 0 Å². The minimum Gasteiger partial charge on any atom is -0.492 e. The van der Waals surface area contributed by atoms with Crippen LogP contribution in [-0.2, 0) is 0 Å². The third-order valence-electron chi connectivity index (χ3n) is 5.86. The predicted octanol–water partition coefficient (Wildman–Crippen LogP) is 5.08. The topological polar surface area (TPSA) is 45.6 Å². The number of nitrogens with zero attached hydrogens (tertiary/aromatic N) is 2. The molecule has 0 bridgehead atoms. The highest BCUT2D eigenvalue weighted by Gasteiger charge is 2.23. The number of aliphatic hydroxyl groups is 1. The Morgan fingerprint density at radius 3 is 2.70 bits per heavy atom. The second-order valence-electron chi connectivity index (χ2n) is 8.15. The molecule has 1 aromatic heterocycles. The van der Waals surface area contributed by atoms with E-state index in [0.717, 1.165) is 48.4 Å². The van der Waals surface area contributed by atoms with Gasteiger partial charge in [-0.15, -0.1) is 0 Å². The highest BCUT2D eigenvalue weighted by molar-refractivity contribution is 6.30. The lowest BCUT2D eigenvalue weighted by atomic mass is 10.1. The fourth-order valence-electron chi connectivity index (χ4n) is 4.02. The van der Waals surface area contributed by atoms with Gasteiger partial charge in [0.15, 0.2) is 5.82 Å². The van der Waals surface area contributed by atoms with Crippen LogP contribution in [0.5, 0.6) is 5.75 Å². The first-order valence-electron chi connectivity index (χ1n) is 11.1. The highest BCUT2D eigenvalue weighted by atomic mass is 35.5. The van der Waals surface area contributed by atoms with Crippen molar-refractivity contribution in [3.8, 4) is 28.7 Å². The number of aryl methyl sites for hydroxylation is 1. The van der Waals surface area contributed by atoms with Crippen LogP contribution in [0.25, 0.3) is 11.1 Å². The zero-order valence-electron chi connectivity index (χ0n) is 18.5. The van der Waals surface area contributed by atoms with Crippen molar-refractivity contribution in [2.45, 2.75) is 25.8 Å². The van der Waals surface area contributed by atoms with Gasteiger partial charge in [-0.05, 0) is 79.8 Å². The van der Waals surface area contributed by atoms with Gasteiger partial charge in [0.05, 0.1) is 6.61 Å². The van der Waals surface area contributed by atoms with Gasteiger partial charge in [0, 0.05) is 34.9 Å².